The van der Waals surface area contributed by atoms with Gasteiger partial charge in [-0.2, -0.15) is 10.1 Å². The molecule has 260 valence electrons. The summed E-state index contributed by atoms with van der Waals surface area (Å²) >= 11 is 0. The molecule has 12 nitrogen and oxygen atoms in total. The van der Waals surface area contributed by atoms with Crippen molar-refractivity contribution in [2.24, 2.45) is 0 Å². The van der Waals surface area contributed by atoms with Crippen molar-refractivity contribution in [1.82, 2.24) is 25.1 Å². The molecule has 2 aromatic heterocycles. The normalized spacial score (nSPS) is 10.9. The van der Waals surface area contributed by atoms with Crippen LogP contribution in [0.15, 0.2) is 97.2 Å². The smallest absolute Gasteiger partial charge is 0.324 e. The molecule has 0 saturated carbocycles. The van der Waals surface area contributed by atoms with Crippen molar-refractivity contribution < 1.29 is 19.1 Å². The number of anilines is 4. The molecule has 51 heavy (non-hydrogen) atoms. The van der Waals surface area contributed by atoms with Gasteiger partial charge >= 0.3 is 6.03 Å². The van der Waals surface area contributed by atoms with Gasteiger partial charge in [-0.05, 0) is 61.7 Å². The second-order valence-electron chi connectivity index (χ2n) is 12.2. The molecule has 0 spiro atoms. The van der Waals surface area contributed by atoms with E-state index in [9.17, 15) is 9.59 Å². The standard InChI is InChI=1S/C39H40N8O4/c1-6-20-40-37(48)26-13-17-34(50-5)32(22-26)42-38-41-21-19-36(45-38)51-33-18-16-30(28-9-7-8-10-29(28)33)43-39(49)44-35-23-31(24(2)3)46-47(35)27-14-11-25(4)12-15-27/h7-19,21-24H,6,20H2,1-5H3,(H,40,48)(H,41,42,45)(H2,43,44,49). The highest BCUT2D eigenvalue weighted by Crippen LogP contribution is 2.35. The van der Waals surface area contributed by atoms with Gasteiger partial charge in [0.2, 0.25) is 11.8 Å². The summed E-state index contributed by atoms with van der Waals surface area (Å²) in [7, 11) is 1.55. The molecule has 3 amide bonds. The molecule has 4 aromatic carbocycles. The molecule has 2 heterocycles. The topological polar surface area (TPSA) is 144 Å². The molecular weight excluding hydrogens is 644 g/mol. The number of rotatable bonds is 12. The van der Waals surface area contributed by atoms with Gasteiger partial charge in [-0.15, -0.1) is 0 Å². The van der Waals surface area contributed by atoms with Crippen molar-refractivity contribution in [3.05, 3.63) is 114 Å². The minimum absolute atomic E-state index is 0.177. The summed E-state index contributed by atoms with van der Waals surface area (Å²) in [6.07, 6.45) is 2.41. The number of carbonyl (C=O) groups excluding carboxylic acids is 2. The maximum absolute atomic E-state index is 13.4. The second-order valence-corrected chi connectivity index (χ2v) is 12.2. The van der Waals surface area contributed by atoms with Crippen molar-refractivity contribution in [3.63, 3.8) is 0 Å². The summed E-state index contributed by atoms with van der Waals surface area (Å²) in [5.41, 5.74) is 4.45. The summed E-state index contributed by atoms with van der Waals surface area (Å²) in [6, 6.07) is 27.4. The monoisotopic (exact) mass is 684 g/mol. The first-order valence-electron chi connectivity index (χ1n) is 16.7. The number of aryl methyl sites for hydroxylation is 1. The number of aromatic nitrogens is 4. The highest BCUT2D eigenvalue weighted by Gasteiger charge is 2.17. The third-order valence-corrected chi connectivity index (χ3v) is 8.06. The van der Waals surface area contributed by atoms with E-state index < -0.39 is 6.03 Å². The Labute approximate surface area is 296 Å². The number of fused-ring (bicyclic) bond motifs is 1. The lowest BCUT2D eigenvalue weighted by Crippen LogP contribution is -2.24. The maximum Gasteiger partial charge on any atom is 0.324 e. The molecule has 6 aromatic rings. The number of carbonyl (C=O) groups is 2. The number of urea groups is 1. The van der Waals surface area contributed by atoms with Crippen LogP contribution in [-0.4, -0.2) is 45.3 Å². The van der Waals surface area contributed by atoms with Crippen LogP contribution in [0, 0.1) is 6.92 Å². The number of amides is 3. The number of hydrogen-bond acceptors (Lipinski definition) is 8. The molecule has 6 rings (SSSR count). The molecule has 0 atom stereocenters. The molecule has 0 fully saturated rings. The van der Waals surface area contributed by atoms with Crippen LogP contribution in [0.3, 0.4) is 0 Å². The van der Waals surface area contributed by atoms with Gasteiger partial charge in [0, 0.05) is 41.2 Å². The molecular formula is C39H40N8O4. The molecule has 0 aliphatic rings. The Balaban J connectivity index is 1.21. The van der Waals surface area contributed by atoms with Gasteiger partial charge in [-0.3, -0.25) is 10.1 Å². The Kier molecular flexibility index (Phi) is 10.4. The minimum Gasteiger partial charge on any atom is -0.495 e. The number of ether oxygens (including phenoxy) is 2. The van der Waals surface area contributed by atoms with E-state index in [0.29, 0.717) is 40.8 Å². The fourth-order valence-electron chi connectivity index (χ4n) is 5.37. The predicted octanol–water partition coefficient (Wildman–Crippen LogP) is 8.58. The highest BCUT2D eigenvalue weighted by atomic mass is 16.5. The van der Waals surface area contributed by atoms with Gasteiger partial charge < -0.3 is 25.4 Å². The van der Waals surface area contributed by atoms with E-state index in [2.05, 4.69) is 45.1 Å². The Hall–Kier alpha value is -6.43. The minimum atomic E-state index is -0.411. The Morgan fingerprint density at radius 1 is 0.863 bits per heavy atom. The van der Waals surface area contributed by atoms with Crippen molar-refractivity contribution in [3.8, 4) is 23.1 Å². The molecule has 0 saturated heterocycles. The van der Waals surface area contributed by atoms with E-state index in [-0.39, 0.29) is 23.7 Å². The second kappa shape index (κ2) is 15.4. The van der Waals surface area contributed by atoms with Crippen LogP contribution in [0.1, 0.15) is 54.7 Å². The van der Waals surface area contributed by atoms with Crippen molar-refractivity contribution >= 4 is 45.9 Å². The van der Waals surface area contributed by atoms with Crippen LogP contribution in [-0.2, 0) is 0 Å². The molecule has 4 N–H and O–H groups in total. The summed E-state index contributed by atoms with van der Waals surface area (Å²) in [5.74, 6) is 2.15. The highest BCUT2D eigenvalue weighted by molar-refractivity contribution is 6.07. The summed E-state index contributed by atoms with van der Waals surface area (Å²) in [6.45, 7) is 8.72. The maximum atomic E-state index is 13.4. The first-order valence-corrected chi connectivity index (χ1v) is 16.7. The van der Waals surface area contributed by atoms with Crippen molar-refractivity contribution in [1.29, 1.82) is 0 Å². The summed E-state index contributed by atoms with van der Waals surface area (Å²) < 4.78 is 13.5. The van der Waals surface area contributed by atoms with E-state index in [1.54, 1.807) is 54.4 Å². The molecule has 0 radical (unpaired) electrons. The number of hydrogen-bond donors (Lipinski definition) is 4. The van der Waals surface area contributed by atoms with Crippen LogP contribution >= 0.6 is 0 Å². The molecule has 12 heteroatoms. The van der Waals surface area contributed by atoms with Gasteiger partial charge in [-0.1, -0.05) is 62.7 Å². The summed E-state index contributed by atoms with van der Waals surface area (Å²) in [4.78, 5) is 34.9. The lowest BCUT2D eigenvalue weighted by molar-refractivity contribution is 0.0953. The molecule has 0 aliphatic carbocycles. The van der Waals surface area contributed by atoms with E-state index >= 15 is 0 Å². The lowest BCUT2D eigenvalue weighted by Gasteiger charge is -2.15. The number of methoxy groups -OCH3 is 1. The van der Waals surface area contributed by atoms with Gasteiger partial charge in [0.1, 0.15) is 17.3 Å². The fraction of sp³-hybridized carbons (Fsp3) is 0.205. The third-order valence-electron chi connectivity index (χ3n) is 8.06. The fourth-order valence-corrected chi connectivity index (χ4v) is 5.37. The Morgan fingerprint density at radius 2 is 1.63 bits per heavy atom. The predicted molar refractivity (Wildman–Crippen MR) is 200 cm³/mol. The van der Waals surface area contributed by atoms with E-state index in [0.717, 1.165) is 34.1 Å². The molecule has 0 aliphatic heterocycles. The van der Waals surface area contributed by atoms with Gasteiger partial charge in [-0.25, -0.2) is 14.5 Å². The van der Waals surface area contributed by atoms with Gasteiger partial charge in [0.25, 0.3) is 5.91 Å². The van der Waals surface area contributed by atoms with Crippen molar-refractivity contribution in [2.45, 2.75) is 40.0 Å². The molecule has 0 unspecified atom stereocenters. The largest absolute Gasteiger partial charge is 0.495 e. The first-order chi connectivity index (χ1) is 24.7. The Bertz CT molecular complexity index is 2180. The van der Waals surface area contributed by atoms with E-state index in [1.807, 2.05) is 68.4 Å². The van der Waals surface area contributed by atoms with Crippen molar-refractivity contribution in [2.75, 3.05) is 29.6 Å². The lowest BCUT2D eigenvalue weighted by atomic mass is 10.1. The zero-order valence-electron chi connectivity index (χ0n) is 29.2. The zero-order chi connectivity index (χ0) is 35.9. The number of nitrogens with zero attached hydrogens (tertiary/aromatic N) is 4. The van der Waals surface area contributed by atoms with Gasteiger partial charge in [0.05, 0.1) is 29.9 Å². The average molecular weight is 685 g/mol. The van der Waals surface area contributed by atoms with Crippen LogP contribution in [0.2, 0.25) is 0 Å². The zero-order valence-corrected chi connectivity index (χ0v) is 29.2. The average Bonchev–Trinajstić information content (AvgIpc) is 3.56. The first kappa shape index (κ1) is 34.4. The molecule has 0 bridgehead atoms. The number of nitrogens with one attached hydrogen (secondary N) is 4. The summed E-state index contributed by atoms with van der Waals surface area (Å²) in [5, 5.41) is 18.3. The third kappa shape index (κ3) is 8.07. The van der Waals surface area contributed by atoms with E-state index in [4.69, 9.17) is 14.6 Å². The number of benzene rings is 4. The van der Waals surface area contributed by atoms with Gasteiger partial charge in [0.15, 0.2) is 0 Å². The van der Waals surface area contributed by atoms with Crippen LogP contribution < -0.4 is 30.7 Å². The van der Waals surface area contributed by atoms with Crippen LogP contribution in [0.5, 0.6) is 17.4 Å². The van der Waals surface area contributed by atoms with Crippen LogP contribution in [0.25, 0.3) is 16.5 Å². The quantitative estimate of drug-likeness (QED) is 0.100. The Morgan fingerprint density at radius 3 is 2.37 bits per heavy atom. The van der Waals surface area contributed by atoms with E-state index in [1.165, 1.54) is 0 Å². The van der Waals surface area contributed by atoms with Crippen LogP contribution in [0.4, 0.5) is 27.9 Å². The SMILES string of the molecule is CCCNC(=O)c1ccc(OC)c(Nc2nccc(Oc3ccc(NC(=O)Nc4cc(C(C)C)nn4-c4ccc(C)cc4)c4ccccc34)n2)c1.